The van der Waals surface area contributed by atoms with Crippen LogP contribution in [0.25, 0.3) is 0 Å². The number of amides is 1. The highest BCUT2D eigenvalue weighted by atomic mass is 32.1. The van der Waals surface area contributed by atoms with Crippen molar-refractivity contribution < 1.29 is 4.79 Å². The maximum absolute atomic E-state index is 12.6. The van der Waals surface area contributed by atoms with E-state index < -0.39 is 0 Å². The molecular weight excluding hydrogens is 268 g/mol. The van der Waals surface area contributed by atoms with Crippen molar-refractivity contribution in [3.05, 3.63) is 56.8 Å². The number of rotatable bonds is 1. The Kier molecular flexibility index (Phi) is 2.86. The Hall–Kier alpha value is -1.65. The molecule has 2 aromatic rings. The molecule has 4 heteroatoms. The van der Waals surface area contributed by atoms with Gasteiger partial charge in [0.25, 0.3) is 5.91 Å². The molecular formula is C16H16N2OS. The molecule has 1 N–H and O–H groups in total. The van der Waals surface area contributed by atoms with Crippen LogP contribution in [0.1, 0.15) is 31.9 Å². The lowest BCUT2D eigenvalue weighted by Crippen LogP contribution is -2.35. The summed E-state index contributed by atoms with van der Waals surface area (Å²) in [5.41, 5.74) is 4.73. The molecule has 3 heterocycles. The molecule has 0 spiro atoms. The quantitative estimate of drug-likeness (QED) is 0.873. The van der Waals surface area contributed by atoms with Crippen molar-refractivity contribution in [1.82, 2.24) is 10.2 Å². The van der Waals surface area contributed by atoms with Crippen molar-refractivity contribution in [3.63, 3.8) is 0 Å². The van der Waals surface area contributed by atoms with Crippen molar-refractivity contribution in [2.75, 3.05) is 6.54 Å². The number of carbonyl (C=O) groups excluding carboxylic acids is 1. The first-order valence-corrected chi connectivity index (χ1v) is 7.86. The van der Waals surface area contributed by atoms with Crippen LogP contribution in [-0.4, -0.2) is 17.4 Å². The maximum Gasteiger partial charge on any atom is 0.254 e. The zero-order valence-electron chi connectivity index (χ0n) is 11.2. The number of thiophene rings is 1. The lowest BCUT2D eigenvalue weighted by atomic mass is 10.0. The molecule has 0 saturated heterocycles. The molecule has 1 amide bonds. The van der Waals surface area contributed by atoms with E-state index in [-0.39, 0.29) is 5.91 Å². The van der Waals surface area contributed by atoms with Gasteiger partial charge in [-0.05, 0) is 46.7 Å². The average molecular weight is 284 g/mol. The Bertz CT molecular complexity index is 677. The summed E-state index contributed by atoms with van der Waals surface area (Å²) < 4.78 is 0. The van der Waals surface area contributed by atoms with Gasteiger partial charge in [-0.3, -0.25) is 4.79 Å². The fourth-order valence-corrected chi connectivity index (χ4v) is 3.92. The molecule has 0 radical (unpaired) electrons. The first-order chi connectivity index (χ1) is 9.81. The van der Waals surface area contributed by atoms with Gasteiger partial charge in [0.05, 0.1) is 0 Å². The largest absolute Gasteiger partial charge is 0.334 e. The molecule has 2 aliphatic rings. The molecule has 0 fully saturated rings. The summed E-state index contributed by atoms with van der Waals surface area (Å²) in [5.74, 6) is 0.163. The van der Waals surface area contributed by atoms with Crippen LogP contribution in [0.5, 0.6) is 0 Å². The van der Waals surface area contributed by atoms with Gasteiger partial charge in [0, 0.05) is 36.6 Å². The van der Waals surface area contributed by atoms with Crippen LogP contribution in [0.4, 0.5) is 0 Å². The number of carbonyl (C=O) groups is 1. The van der Waals surface area contributed by atoms with Crippen LogP contribution in [0.15, 0.2) is 29.6 Å². The maximum atomic E-state index is 12.6. The zero-order chi connectivity index (χ0) is 13.5. The molecule has 4 rings (SSSR count). The molecule has 0 saturated carbocycles. The Morgan fingerprint density at radius 2 is 2.05 bits per heavy atom. The van der Waals surface area contributed by atoms with Gasteiger partial charge in [0.15, 0.2) is 0 Å². The van der Waals surface area contributed by atoms with E-state index in [1.54, 1.807) is 11.3 Å². The summed E-state index contributed by atoms with van der Waals surface area (Å²) in [6.45, 7) is 3.39. The third-order valence-corrected chi connectivity index (χ3v) is 5.20. The Morgan fingerprint density at radius 3 is 3.00 bits per heavy atom. The topological polar surface area (TPSA) is 32.3 Å². The number of hydrogen-bond donors (Lipinski definition) is 1. The van der Waals surface area contributed by atoms with E-state index in [4.69, 9.17) is 0 Å². The minimum absolute atomic E-state index is 0.163. The number of hydrogen-bond acceptors (Lipinski definition) is 3. The first-order valence-electron chi connectivity index (χ1n) is 6.98. The van der Waals surface area contributed by atoms with E-state index in [1.165, 1.54) is 21.6 Å². The minimum atomic E-state index is 0.163. The average Bonchev–Trinajstić information content (AvgIpc) is 3.13. The van der Waals surface area contributed by atoms with Crippen LogP contribution in [-0.2, 0) is 26.1 Å². The van der Waals surface area contributed by atoms with Crippen LogP contribution < -0.4 is 5.32 Å². The molecule has 0 bridgehead atoms. The van der Waals surface area contributed by atoms with Crippen molar-refractivity contribution in [1.29, 1.82) is 0 Å². The molecule has 0 aliphatic carbocycles. The van der Waals surface area contributed by atoms with Gasteiger partial charge in [0.1, 0.15) is 0 Å². The van der Waals surface area contributed by atoms with Crippen LogP contribution in [0.3, 0.4) is 0 Å². The smallest absolute Gasteiger partial charge is 0.254 e. The van der Waals surface area contributed by atoms with E-state index in [1.807, 2.05) is 11.0 Å². The molecule has 1 aromatic carbocycles. The molecule has 102 valence electrons. The summed E-state index contributed by atoms with van der Waals surface area (Å²) in [4.78, 5) is 16.0. The molecule has 2 aliphatic heterocycles. The fraction of sp³-hybridized carbons (Fsp3) is 0.312. The summed E-state index contributed by atoms with van der Waals surface area (Å²) in [7, 11) is 0. The van der Waals surface area contributed by atoms with Gasteiger partial charge in [-0.1, -0.05) is 6.07 Å². The van der Waals surface area contributed by atoms with Crippen molar-refractivity contribution in [2.24, 2.45) is 0 Å². The van der Waals surface area contributed by atoms with Gasteiger partial charge in [-0.15, -0.1) is 11.3 Å². The van der Waals surface area contributed by atoms with Gasteiger partial charge in [-0.25, -0.2) is 0 Å². The van der Waals surface area contributed by atoms with E-state index in [0.29, 0.717) is 0 Å². The lowest BCUT2D eigenvalue weighted by molar-refractivity contribution is 0.0736. The zero-order valence-corrected chi connectivity index (χ0v) is 12.0. The summed E-state index contributed by atoms with van der Waals surface area (Å²) in [5, 5.41) is 5.44. The molecule has 3 nitrogen and oxygen atoms in total. The van der Waals surface area contributed by atoms with Crippen molar-refractivity contribution in [2.45, 2.75) is 26.1 Å². The number of benzene rings is 1. The fourth-order valence-electron chi connectivity index (χ4n) is 3.03. The number of nitrogens with zero attached hydrogens (tertiary/aromatic N) is 1. The third kappa shape index (κ3) is 1.96. The van der Waals surface area contributed by atoms with Gasteiger partial charge in [-0.2, -0.15) is 0 Å². The standard InChI is InChI=1S/C16H16N2OS/c19-16(11-1-2-12-8-17-9-14(12)7-11)18-5-3-15-13(10-18)4-6-20-15/h1-2,4,6-7,17H,3,5,8-10H2. The normalized spacial score (nSPS) is 16.9. The number of fused-ring (bicyclic) bond motifs is 2. The first kappa shape index (κ1) is 12.1. The highest BCUT2D eigenvalue weighted by Crippen LogP contribution is 2.25. The summed E-state index contributed by atoms with van der Waals surface area (Å²) in [6, 6.07) is 8.26. The van der Waals surface area contributed by atoms with Crippen LogP contribution in [0, 0.1) is 0 Å². The number of nitrogens with one attached hydrogen (secondary N) is 1. The highest BCUT2D eigenvalue weighted by Gasteiger charge is 2.23. The van der Waals surface area contributed by atoms with Gasteiger partial charge in [0.2, 0.25) is 0 Å². The lowest BCUT2D eigenvalue weighted by Gasteiger charge is -2.27. The Labute approximate surface area is 122 Å². The van der Waals surface area contributed by atoms with Gasteiger partial charge < -0.3 is 10.2 Å². The predicted octanol–water partition coefficient (Wildman–Crippen LogP) is 2.55. The Balaban J connectivity index is 1.59. The second-order valence-electron chi connectivity index (χ2n) is 5.43. The summed E-state index contributed by atoms with van der Waals surface area (Å²) >= 11 is 1.80. The van der Waals surface area contributed by atoms with E-state index in [9.17, 15) is 4.79 Å². The van der Waals surface area contributed by atoms with Crippen LogP contribution >= 0.6 is 11.3 Å². The SMILES string of the molecule is O=C(c1ccc2c(c1)CNC2)N1CCc2sccc2C1. The van der Waals surface area contributed by atoms with Crippen molar-refractivity contribution >= 4 is 17.2 Å². The van der Waals surface area contributed by atoms with E-state index in [2.05, 4.69) is 28.9 Å². The second kappa shape index (κ2) is 4.72. The van der Waals surface area contributed by atoms with E-state index >= 15 is 0 Å². The second-order valence-corrected chi connectivity index (χ2v) is 6.43. The summed E-state index contributed by atoms with van der Waals surface area (Å²) in [6.07, 6.45) is 0.991. The van der Waals surface area contributed by atoms with Gasteiger partial charge >= 0.3 is 0 Å². The predicted molar refractivity (Wildman–Crippen MR) is 79.7 cm³/mol. The monoisotopic (exact) mass is 284 g/mol. The molecule has 0 unspecified atom stereocenters. The molecule has 20 heavy (non-hydrogen) atoms. The van der Waals surface area contributed by atoms with Crippen LogP contribution in [0.2, 0.25) is 0 Å². The van der Waals surface area contributed by atoms with Crippen molar-refractivity contribution in [3.8, 4) is 0 Å². The Morgan fingerprint density at radius 1 is 1.15 bits per heavy atom. The minimum Gasteiger partial charge on any atom is -0.334 e. The third-order valence-electron chi connectivity index (χ3n) is 4.18. The molecule has 1 aromatic heterocycles. The molecule has 0 atom stereocenters. The van der Waals surface area contributed by atoms with E-state index in [0.717, 1.165) is 38.2 Å². The highest BCUT2D eigenvalue weighted by molar-refractivity contribution is 7.10.